The zero-order valence-electron chi connectivity index (χ0n) is 14.1. The second-order valence-electron chi connectivity index (χ2n) is 6.01. The van der Waals surface area contributed by atoms with Crippen LogP contribution in [0.1, 0.15) is 46.0 Å². The van der Waals surface area contributed by atoms with Crippen LogP contribution in [0, 0.1) is 0 Å². The lowest BCUT2D eigenvalue weighted by atomic mass is 10.0. The van der Waals surface area contributed by atoms with Crippen LogP contribution in [0.4, 0.5) is 0 Å². The van der Waals surface area contributed by atoms with Crippen LogP contribution in [0.2, 0.25) is 0 Å². The van der Waals surface area contributed by atoms with Gasteiger partial charge in [-0.2, -0.15) is 0 Å². The minimum absolute atomic E-state index is 0. The van der Waals surface area contributed by atoms with Crippen LogP contribution in [0.3, 0.4) is 0 Å². The van der Waals surface area contributed by atoms with Crippen LogP contribution in [-0.2, 0) is 4.74 Å². The maximum absolute atomic E-state index is 5.66. The van der Waals surface area contributed by atoms with Gasteiger partial charge in [0.25, 0.3) is 0 Å². The lowest BCUT2D eigenvalue weighted by Crippen LogP contribution is -2.44. The average Bonchev–Trinajstić information content (AvgIpc) is 3.03. The standard InChI is InChI=1S/C16H32N4O.HI/c1-3-17-16(19-13-15-9-7-11-21-15)18-12-14-8-5-6-10-20(14)4-2;/h14-15H,3-13H2,1-2H3,(H2,17,18,19);1H. The molecule has 0 aliphatic carbocycles. The molecule has 130 valence electrons. The second kappa shape index (κ2) is 11.5. The molecule has 0 saturated carbocycles. The number of aliphatic imine (C=N–C) groups is 1. The Morgan fingerprint density at radius 3 is 2.73 bits per heavy atom. The molecule has 2 N–H and O–H groups in total. The van der Waals surface area contributed by atoms with Gasteiger partial charge in [0.05, 0.1) is 12.6 Å². The van der Waals surface area contributed by atoms with Gasteiger partial charge in [-0.1, -0.05) is 13.3 Å². The summed E-state index contributed by atoms with van der Waals surface area (Å²) < 4.78 is 5.66. The van der Waals surface area contributed by atoms with Crippen LogP contribution >= 0.6 is 24.0 Å². The number of ether oxygens (including phenoxy) is 1. The summed E-state index contributed by atoms with van der Waals surface area (Å²) in [6.45, 7) is 10.3. The first kappa shape index (κ1) is 20.0. The summed E-state index contributed by atoms with van der Waals surface area (Å²) in [5.74, 6) is 0.939. The highest BCUT2D eigenvalue weighted by atomic mass is 127. The summed E-state index contributed by atoms with van der Waals surface area (Å²) in [6.07, 6.45) is 6.67. The van der Waals surface area contributed by atoms with E-state index in [4.69, 9.17) is 9.73 Å². The van der Waals surface area contributed by atoms with Gasteiger partial charge in [0.2, 0.25) is 0 Å². The topological polar surface area (TPSA) is 48.9 Å². The number of nitrogens with one attached hydrogen (secondary N) is 2. The van der Waals surface area contributed by atoms with Gasteiger partial charge in [0.1, 0.15) is 0 Å². The van der Waals surface area contributed by atoms with E-state index in [1.54, 1.807) is 0 Å². The molecule has 2 atom stereocenters. The first-order valence-electron chi connectivity index (χ1n) is 8.71. The molecule has 2 saturated heterocycles. The van der Waals surface area contributed by atoms with E-state index in [2.05, 4.69) is 29.4 Å². The van der Waals surface area contributed by atoms with Gasteiger partial charge >= 0.3 is 0 Å². The Bertz CT molecular complexity index is 321. The molecule has 5 nitrogen and oxygen atoms in total. The Morgan fingerprint density at radius 1 is 1.18 bits per heavy atom. The molecule has 2 rings (SSSR count). The predicted molar refractivity (Wildman–Crippen MR) is 103 cm³/mol. The molecule has 0 radical (unpaired) electrons. The molecule has 6 heteroatoms. The summed E-state index contributed by atoms with van der Waals surface area (Å²) >= 11 is 0. The average molecular weight is 424 g/mol. The quantitative estimate of drug-likeness (QED) is 0.390. The Labute approximate surface area is 152 Å². The molecule has 22 heavy (non-hydrogen) atoms. The highest BCUT2D eigenvalue weighted by Gasteiger charge is 2.20. The fourth-order valence-electron chi connectivity index (χ4n) is 3.24. The SMILES string of the molecule is CCNC(=NCC1CCCCN1CC)NCC1CCCO1.I. The lowest BCUT2D eigenvalue weighted by molar-refractivity contribution is 0.113. The molecule has 0 spiro atoms. The first-order chi connectivity index (χ1) is 10.3. The van der Waals surface area contributed by atoms with Crippen molar-refractivity contribution >= 4 is 29.9 Å². The number of guanidine groups is 1. The van der Waals surface area contributed by atoms with Crippen molar-refractivity contribution < 1.29 is 4.74 Å². The van der Waals surface area contributed by atoms with E-state index in [9.17, 15) is 0 Å². The molecular formula is C16H33IN4O. The van der Waals surface area contributed by atoms with Gasteiger partial charge in [-0.3, -0.25) is 9.89 Å². The normalized spacial score (nSPS) is 26.5. The molecule has 0 amide bonds. The number of piperidine rings is 1. The number of likely N-dealkylation sites (N-methyl/N-ethyl adjacent to an activating group) is 1. The molecule has 0 aromatic heterocycles. The molecule has 2 aliphatic heterocycles. The van der Waals surface area contributed by atoms with Crippen molar-refractivity contribution in [3.8, 4) is 0 Å². The van der Waals surface area contributed by atoms with E-state index in [0.717, 1.165) is 38.7 Å². The Kier molecular flexibility index (Phi) is 10.4. The van der Waals surface area contributed by atoms with Crippen LogP contribution in [-0.4, -0.2) is 62.3 Å². The third kappa shape index (κ3) is 6.58. The fraction of sp³-hybridized carbons (Fsp3) is 0.938. The summed E-state index contributed by atoms with van der Waals surface area (Å²) in [4.78, 5) is 7.36. The van der Waals surface area contributed by atoms with Crippen molar-refractivity contribution in [1.29, 1.82) is 0 Å². The van der Waals surface area contributed by atoms with E-state index in [0.29, 0.717) is 12.1 Å². The number of rotatable bonds is 6. The number of halogens is 1. The van der Waals surface area contributed by atoms with Crippen LogP contribution in [0.5, 0.6) is 0 Å². The van der Waals surface area contributed by atoms with Gasteiger partial charge in [-0.05, 0) is 45.7 Å². The van der Waals surface area contributed by atoms with Crippen molar-refractivity contribution in [3.05, 3.63) is 0 Å². The van der Waals surface area contributed by atoms with Gasteiger partial charge in [-0.25, -0.2) is 0 Å². The van der Waals surface area contributed by atoms with E-state index in [-0.39, 0.29) is 24.0 Å². The number of hydrogen-bond donors (Lipinski definition) is 2. The largest absolute Gasteiger partial charge is 0.376 e. The van der Waals surface area contributed by atoms with Crippen molar-refractivity contribution in [2.24, 2.45) is 4.99 Å². The zero-order valence-corrected chi connectivity index (χ0v) is 16.5. The minimum Gasteiger partial charge on any atom is -0.376 e. The predicted octanol–water partition coefficient (Wildman–Crippen LogP) is 2.21. The van der Waals surface area contributed by atoms with E-state index >= 15 is 0 Å². The number of nitrogens with zero attached hydrogens (tertiary/aromatic N) is 2. The van der Waals surface area contributed by atoms with E-state index < -0.39 is 0 Å². The Hall–Kier alpha value is -0.0800. The van der Waals surface area contributed by atoms with Crippen LogP contribution in [0.15, 0.2) is 4.99 Å². The van der Waals surface area contributed by atoms with E-state index in [1.807, 2.05) is 0 Å². The third-order valence-electron chi connectivity index (χ3n) is 4.48. The van der Waals surface area contributed by atoms with Crippen molar-refractivity contribution in [2.45, 2.75) is 58.1 Å². The van der Waals surface area contributed by atoms with Gasteiger partial charge in [-0.15, -0.1) is 24.0 Å². The van der Waals surface area contributed by atoms with Crippen molar-refractivity contribution in [3.63, 3.8) is 0 Å². The molecule has 2 unspecified atom stereocenters. The van der Waals surface area contributed by atoms with Crippen molar-refractivity contribution in [2.75, 3.05) is 39.3 Å². The molecule has 0 bridgehead atoms. The molecule has 2 fully saturated rings. The van der Waals surface area contributed by atoms with Crippen LogP contribution < -0.4 is 10.6 Å². The lowest BCUT2D eigenvalue weighted by Gasteiger charge is -2.34. The molecular weight excluding hydrogens is 391 g/mol. The number of hydrogen-bond acceptors (Lipinski definition) is 3. The van der Waals surface area contributed by atoms with Crippen molar-refractivity contribution in [1.82, 2.24) is 15.5 Å². The smallest absolute Gasteiger partial charge is 0.191 e. The van der Waals surface area contributed by atoms with E-state index in [1.165, 1.54) is 38.6 Å². The Morgan fingerprint density at radius 2 is 2.05 bits per heavy atom. The van der Waals surface area contributed by atoms with Gasteiger partial charge in [0.15, 0.2) is 5.96 Å². The van der Waals surface area contributed by atoms with Gasteiger partial charge in [0, 0.05) is 25.7 Å². The second-order valence-corrected chi connectivity index (χ2v) is 6.01. The summed E-state index contributed by atoms with van der Waals surface area (Å²) in [6, 6.07) is 0.613. The highest BCUT2D eigenvalue weighted by Crippen LogP contribution is 2.16. The maximum atomic E-state index is 5.66. The highest BCUT2D eigenvalue weighted by molar-refractivity contribution is 14.0. The number of likely N-dealkylation sites (tertiary alicyclic amines) is 1. The van der Waals surface area contributed by atoms with Crippen LogP contribution in [0.25, 0.3) is 0 Å². The fourth-order valence-corrected chi connectivity index (χ4v) is 3.24. The monoisotopic (exact) mass is 424 g/mol. The zero-order chi connectivity index (χ0) is 14.9. The molecule has 2 aliphatic rings. The summed E-state index contributed by atoms with van der Waals surface area (Å²) in [5.41, 5.74) is 0. The summed E-state index contributed by atoms with van der Waals surface area (Å²) in [7, 11) is 0. The van der Waals surface area contributed by atoms with Gasteiger partial charge < -0.3 is 15.4 Å². The summed E-state index contributed by atoms with van der Waals surface area (Å²) in [5, 5.41) is 6.77. The Balaban J connectivity index is 0.00000242. The molecule has 0 aromatic rings. The first-order valence-corrected chi connectivity index (χ1v) is 8.71. The molecule has 2 heterocycles. The molecule has 0 aromatic carbocycles. The third-order valence-corrected chi connectivity index (χ3v) is 4.48. The minimum atomic E-state index is 0. The maximum Gasteiger partial charge on any atom is 0.191 e.